The lowest BCUT2D eigenvalue weighted by molar-refractivity contribution is -0.339. The summed E-state index contributed by atoms with van der Waals surface area (Å²) in [5.74, 6) is -5.92. The molecule has 0 radical (unpaired) electrons. The monoisotopic (exact) mass is 884 g/mol. The number of esters is 7. The summed E-state index contributed by atoms with van der Waals surface area (Å²) >= 11 is 3.40. The Hall–Kier alpha value is -5.69. The van der Waals surface area contributed by atoms with Gasteiger partial charge >= 0.3 is 41.8 Å². The van der Waals surface area contributed by atoms with Crippen LogP contribution < -0.4 is 0 Å². The normalized spacial score (nSPS) is 26.3. The molecule has 0 spiro atoms. The SMILES string of the molecule is CC(=O)OC[C@H]1O[C@H](O[C@@H]2[C@H](OC(=O)c3ccccc3)[C@@H](OC(=O)c3ccccc3)[C@H](Br)O[C@@H]2COC(=O)c2ccccc2)[C@H](OC(C)=O)[C@@H](OC(C)=O)[C@H]1OC(C)=O. The summed E-state index contributed by atoms with van der Waals surface area (Å²) < 4.78 is 58.5. The second-order valence-corrected chi connectivity index (χ2v) is 14.0. The van der Waals surface area contributed by atoms with Gasteiger partial charge in [0.2, 0.25) is 0 Å². The number of halogens is 1. The molecule has 2 fully saturated rings. The van der Waals surface area contributed by atoms with Crippen molar-refractivity contribution < 1.29 is 80.9 Å². The molecule has 314 valence electrons. The van der Waals surface area contributed by atoms with Crippen LogP contribution in [0.15, 0.2) is 91.0 Å². The first-order valence-electron chi connectivity index (χ1n) is 18.2. The van der Waals surface area contributed by atoms with E-state index in [0.717, 1.165) is 27.7 Å². The fourth-order valence-electron chi connectivity index (χ4n) is 6.22. The predicted octanol–water partition coefficient (Wildman–Crippen LogP) is 3.88. The number of hydrogen-bond acceptors (Lipinski definition) is 17. The van der Waals surface area contributed by atoms with Gasteiger partial charge in [0.25, 0.3) is 0 Å². The van der Waals surface area contributed by atoms with Crippen LogP contribution in [-0.4, -0.2) is 115 Å². The third kappa shape index (κ3) is 12.2. The molecule has 0 bridgehead atoms. The van der Waals surface area contributed by atoms with E-state index in [9.17, 15) is 33.6 Å². The van der Waals surface area contributed by atoms with Crippen LogP contribution >= 0.6 is 15.9 Å². The first kappa shape index (κ1) is 44.4. The highest BCUT2D eigenvalue weighted by Gasteiger charge is 2.57. The number of hydrogen-bond donors (Lipinski definition) is 0. The van der Waals surface area contributed by atoms with Crippen LogP contribution in [-0.2, 0) is 66.5 Å². The van der Waals surface area contributed by atoms with E-state index in [1.54, 1.807) is 54.6 Å². The lowest BCUT2D eigenvalue weighted by Gasteiger charge is -2.48. The van der Waals surface area contributed by atoms with Crippen molar-refractivity contribution >= 4 is 57.7 Å². The molecule has 0 aromatic heterocycles. The second kappa shape index (κ2) is 20.8. The molecule has 2 heterocycles. The number of carbonyl (C=O) groups excluding carboxylic acids is 7. The van der Waals surface area contributed by atoms with Gasteiger partial charge in [0.15, 0.2) is 41.8 Å². The average molecular weight is 886 g/mol. The molecular formula is C41H41BrO17. The molecule has 2 aliphatic heterocycles. The third-order valence-electron chi connectivity index (χ3n) is 8.71. The highest BCUT2D eigenvalue weighted by atomic mass is 79.9. The zero-order chi connectivity index (χ0) is 42.6. The lowest BCUT2D eigenvalue weighted by atomic mass is 9.96. The molecule has 59 heavy (non-hydrogen) atoms. The fourth-order valence-corrected chi connectivity index (χ4v) is 6.91. The molecule has 0 N–H and O–H groups in total. The van der Waals surface area contributed by atoms with E-state index in [1.165, 1.54) is 36.4 Å². The average Bonchev–Trinajstić information content (AvgIpc) is 3.21. The molecule has 0 unspecified atom stereocenters. The summed E-state index contributed by atoms with van der Waals surface area (Å²) in [6, 6.07) is 23.7. The highest BCUT2D eigenvalue weighted by molar-refractivity contribution is 9.09. The minimum Gasteiger partial charge on any atom is -0.463 e. The molecule has 0 aliphatic carbocycles. The molecule has 17 nitrogen and oxygen atoms in total. The number of rotatable bonds is 14. The van der Waals surface area contributed by atoms with Crippen molar-refractivity contribution in [2.75, 3.05) is 13.2 Å². The number of alkyl halides is 1. The molecule has 3 aromatic rings. The molecule has 2 aliphatic rings. The summed E-state index contributed by atoms with van der Waals surface area (Å²) in [6.45, 7) is 3.13. The fraction of sp³-hybridized carbons (Fsp3) is 0.390. The van der Waals surface area contributed by atoms with Gasteiger partial charge in [-0.2, -0.15) is 0 Å². The zero-order valence-corrected chi connectivity index (χ0v) is 33.8. The van der Waals surface area contributed by atoms with E-state index < -0.39 is 115 Å². The van der Waals surface area contributed by atoms with Gasteiger partial charge < -0.3 is 47.4 Å². The molecule has 10 atom stereocenters. The molecule has 2 saturated heterocycles. The first-order valence-corrected chi connectivity index (χ1v) is 19.1. The first-order chi connectivity index (χ1) is 28.2. The van der Waals surface area contributed by atoms with E-state index >= 15 is 0 Å². The smallest absolute Gasteiger partial charge is 0.338 e. The van der Waals surface area contributed by atoms with E-state index in [-0.39, 0.29) is 16.7 Å². The number of ether oxygens (including phenoxy) is 10. The largest absolute Gasteiger partial charge is 0.463 e. The Bertz CT molecular complexity index is 1940. The number of carbonyl (C=O) groups is 7. The molecular weight excluding hydrogens is 844 g/mol. The Balaban J connectivity index is 1.61. The van der Waals surface area contributed by atoms with Gasteiger partial charge in [-0.25, -0.2) is 14.4 Å². The minimum absolute atomic E-state index is 0.0938. The Morgan fingerprint density at radius 2 is 0.864 bits per heavy atom. The van der Waals surface area contributed by atoms with Crippen molar-refractivity contribution in [1.29, 1.82) is 0 Å². The standard InChI is InChI=1S/C41H41BrO17/c1-22(43)50-20-30-31(52-23(2)44)34(53-24(3)45)36(54-25(4)46)41(56-30)59-32-29(21-51-38(47)26-14-8-5-9-15-26)55-37(42)35(58-40(49)28-18-12-7-13-19-28)33(32)57-39(48)27-16-10-6-11-17-27/h5-19,29-37,41H,20-21H2,1-4H3/t29-,30-,31+,32+,33+,34+,35-,36-,37-,41-/m1/s1. The maximum absolute atomic E-state index is 13.8. The Labute approximate surface area is 346 Å². The summed E-state index contributed by atoms with van der Waals surface area (Å²) in [6.07, 6.45) is -14.3. The topological polar surface area (TPSA) is 212 Å². The Morgan fingerprint density at radius 1 is 0.458 bits per heavy atom. The van der Waals surface area contributed by atoms with E-state index in [1.807, 2.05) is 0 Å². The highest BCUT2D eigenvalue weighted by Crippen LogP contribution is 2.37. The quantitative estimate of drug-likeness (QED) is 0.128. The summed E-state index contributed by atoms with van der Waals surface area (Å²) in [5, 5.41) is -1.24. The summed E-state index contributed by atoms with van der Waals surface area (Å²) in [7, 11) is 0. The summed E-state index contributed by atoms with van der Waals surface area (Å²) in [5.41, 5.74) is 0.421. The maximum atomic E-state index is 13.8. The summed E-state index contributed by atoms with van der Waals surface area (Å²) in [4.78, 5) is 90.0. The minimum atomic E-state index is -1.83. The third-order valence-corrected chi connectivity index (χ3v) is 9.45. The van der Waals surface area contributed by atoms with Gasteiger partial charge in [-0.3, -0.25) is 19.2 Å². The van der Waals surface area contributed by atoms with Crippen LogP contribution in [0.4, 0.5) is 0 Å². The van der Waals surface area contributed by atoms with Gasteiger partial charge in [-0.05, 0) is 36.4 Å². The van der Waals surface area contributed by atoms with E-state index in [4.69, 9.17) is 47.4 Å². The molecule has 0 amide bonds. The van der Waals surface area contributed by atoms with Crippen molar-refractivity contribution in [3.05, 3.63) is 108 Å². The van der Waals surface area contributed by atoms with Gasteiger partial charge in [-0.1, -0.05) is 70.5 Å². The van der Waals surface area contributed by atoms with Crippen molar-refractivity contribution in [3.8, 4) is 0 Å². The van der Waals surface area contributed by atoms with Crippen molar-refractivity contribution in [1.82, 2.24) is 0 Å². The molecule has 5 rings (SSSR count). The molecule has 3 aromatic carbocycles. The van der Waals surface area contributed by atoms with Gasteiger partial charge in [-0.15, -0.1) is 0 Å². The predicted molar refractivity (Wildman–Crippen MR) is 202 cm³/mol. The van der Waals surface area contributed by atoms with Crippen LogP contribution in [0.5, 0.6) is 0 Å². The van der Waals surface area contributed by atoms with Crippen LogP contribution in [0.2, 0.25) is 0 Å². The van der Waals surface area contributed by atoms with E-state index in [2.05, 4.69) is 15.9 Å². The molecule has 0 saturated carbocycles. The van der Waals surface area contributed by atoms with Crippen LogP contribution in [0.3, 0.4) is 0 Å². The van der Waals surface area contributed by atoms with E-state index in [0.29, 0.717) is 0 Å². The number of benzene rings is 3. The van der Waals surface area contributed by atoms with Crippen molar-refractivity contribution in [2.24, 2.45) is 0 Å². The Morgan fingerprint density at radius 3 is 1.36 bits per heavy atom. The van der Waals surface area contributed by atoms with Gasteiger partial charge in [0, 0.05) is 27.7 Å². The van der Waals surface area contributed by atoms with Gasteiger partial charge in [0.1, 0.15) is 31.5 Å². The van der Waals surface area contributed by atoms with Crippen molar-refractivity contribution in [2.45, 2.75) is 87.8 Å². The van der Waals surface area contributed by atoms with Crippen molar-refractivity contribution in [3.63, 3.8) is 0 Å². The van der Waals surface area contributed by atoms with Crippen LogP contribution in [0.1, 0.15) is 58.8 Å². The zero-order valence-electron chi connectivity index (χ0n) is 32.2. The maximum Gasteiger partial charge on any atom is 0.338 e. The lowest BCUT2D eigenvalue weighted by Crippen LogP contribution is -2.66. The Kier molecular flexibility index (Phi) is 15.7. The second-order valence-electron chi connectivity index (χ2n) is 13.1. The van der Waals surface area contributed by atoms with Gasteiger partial charge in [0.05, 0.1) is 16.7 Å². The molecule has 18 heteroatoms. The van der Waals surface area contributed by atoms with Crippen LogP contribution in [0.25, 0.3) is 0 Å². The van der Waals surface area contributed by atoms with Crippen LogP contribution in [0, 0.1) is 0 Å².